The average Bonchev–Trinajstić information content (AvgIpc) is 3.42. The SMILES string of the molecule is CC(C)c1ccc([C@@H]2C[C@@H]2C(=O)N[C@@H](C)C(=O)N2CCOCC2)cc1. The number of nitrogens with one attached hydrogen (secondary N) is 1. The van der Waals surface area contributed by atoms with E-state index in [1.165, 1.54) is 11.1 Å². The topological polar surface area (TPSA) is 58.6 Å². The summed E-state index contributed by atoms with van der Waals surface area (Å²) in [4.78, 5) is 26.6. The van der Waals surface area contributed by atoms with Crippen LogP contribution in [0.4, 0.5) is 0 Å². The van der Waals surface area contributed by atoms with Crippen molar-refractivity contribution in [2.24, 2.45) is 5.92 Å². The summed E-state index contributed by atoms with van der Waals surface area (Å²) in [6, 6.07) is 8.09. The quantitative estimate of drug-likeness (QED) is 0.891. The highest BCUT2D eigenvalue weighted by Crippen LogP contribution is 2.47. The number of morpholine rings is 1. The van der Waals surface area contributed by atoms with Gasteiger partial charge >= 0.3 is 0 Å². The zero-order valence-corrected chi connectivity index (χ0v) is 15.3. The number of carbonyl (C=O) groups is 2. The van der Waals surface area contributed by atoms with Crippen molar-refractivity contribution < 1.29 is 14.3 Å². The number of ether oxygens (including phenoxy) is 1. The molecule has 0 radical (unpaired) electrons. The molecule has 3 atom stereocenters. The van der Waals surface area contributed by atoms with Crippen molar-refractivity contribution in [3.63, 3.8) is 0 Å². The molecule has 0 unspecified atom stereocenters. The Kier molecular flexibility index (Phi) is 5.42. The third-order valence-electron chi connectivity index (χ3n) is 5.21. The molecule has 1 saturated carbocycles. The summed E-state index contributed by atoms with van der Waals surface area (Å²) in [7, 11) is 0. The van der Waals surface area contributed by atoms with Gasteiger partial charge in [0.05, 0.1) is 13.2 Å². The van der Waals surface area contributed by atoms with Gasteiger partial charge in [-0.05, 0) is 36.3 Å². The maximum Gasteiger partial charge on any atom is 0.245 e. The van der Waals surface area contributed by atoms with Gasteiger partial charge in [-0.3, -0.25) is 9.59 Å². The average molecular weight is 344 g/mol. The molecule has 1 N–H and O–H groups in total. The predicted octanol–water partition coefficient (Wildman–Crippen LogP) is 2.28. The first-order valence-corrected chi connectivity index (χ1v) is 9.24. The van der Waals surface area contributed by atoms with Gasteiger partial charge in [0.15, 0.2) is 0 Å². The second-order valence-electron chi connectivity index (χ2n) is 7.44. The summed E-state index contributed by atoms with van der Waals surface area (Å²) < 4.78 is 5.26. The Morgan fingerprint density at radius 2 is 1.76 bits per heavy atom. The van der Waals surface area contributed by atoms with Crippen LogP contribution in [0.5, 0.6) is 0 Å². The molecule has 1 aromatic rings. The van der Waals surface area contributed by atoms with Gasteiger partial charge in [0.1, 0.15) is 6.04 Å². The van der Waals surface area contributed by atoms with E-state index in [0.717, 1.165) is 6.42 Å². The van der Waals surface area contributed by atoms with Gasteiger partial charge in [0.2, 0.25) is 11.8 Å². The minimum atomic E-state index is -0.477. The van der Waals surface area contributed by atoms with Crippen molar-refractivity contribution >= 4 is 11.8 Å². The summed E-state index contributed by atoms with van der Waals surface area (Å²) in [6.45, 7) is 8.47. The van der Waals surface area contributed by atoms with E-state index in [-0.39, 0.29) is 23.7 Å². The Bertz CT molecular complexity index is 620. The van der Waals surface area contributed by atoms with E-state index in [1.807, 2.05) is 0 Å². The number of hydrogen-bond donors (Lipinski definition) is 1. The highest BCUT2D eigenvalue weighted by Gasteiger charge is 2.44. The van der Waals surface area contributed by atoms with Crippen molar-refractivity contribution in [2.75, 3.05) is 26.3 Å². The molecule has 2 amide bonds. The van der Waals surface area contributed by atoms with Gasteiger partial charge in [-0.15, -0.1) is 0 Å². The van der Waals surface area contributed by atoms with Gasteiger partial charge in [-0.1, -0.05) is 38.1 Å². The maximum absolute atomic E-state index is 12.5. The van der Waals surface area contributed by atoms with Gasteiger partial charge in [0, 0.05) is 19.0 Å². The number of benzene rings is 1. The molecular weight excluding hydrogens is 316 g/mol. The Morgan fingerprint density at radius 1 is 1.12 bits per heavy atom. The first-order chi connectivity index (χ1) is 12.0. The van der Waals surface area contributed by atoms with Crippen LogP contribution >= 0.6 is 0 Å². The first-order valence-electron chi connectivity index (χ1n) is 9.24. The Balaban J connectivity index is 1.51. The van der Waals surface area contributed by atoms with Crippen molar-refractivity contribution in [3.8, 4) is 0 Å². The number of amides is 2. The van der Waals surface area contributed by atoms with Crippen LogP contribution < -0.4 is 5.32 Å². The molecule has 0 aromatic heterocycles. The molecule has 1 aliphatic heterocycles. The summed E-state index contributed by atoms with van der Waals surface area (Å²) in [5.41, 5.74) is 2.53. The summed E-state index contributed by atoms with van der Waals surface area (Å²) in [5, 5.41) is 2.90. The molecule has 2 aliphatic rings. The summed E-state index contributed by atoms with van der Waals surface area (Å²) in [5.74, 6) is 0.762. The zero-order chi connectivity index (χ0) is 18.0. The molecule has 0 bridgehead atoms. The number of hydrogen-bond acceptors (Lipinski definition) is 3. The lowest BCUT2D eigenvalue weighted by Gasteiger charge is -2.29. The van der Waals surface area contributed by atoms with Gasteiger partial charge in [0.25, 0.3) is 0 Å². The smallest absolute Gasteiger partial charge is 0.245 e. The molecule has 1 aliphatic carbocycles. The van der Waals surface area contributed by atoms with E-state index < -0.39 is 6.04 Å². The lowest BCUT2D eigenvalue weighted by Crippen LogP contribution is -2.50. The van der Waals surface area contributed by atoms with E-state index in [1.54, 1.807) is 11.8 Å². The highest BCUT2D eigenvalue weighted by molar-refractivity contribution is 5.90. The number of rotatable bonds is 5. The highest BCUT2D eigenvalue weighted by atomic mass is 16.5. The van der Waals surface area contributed by atoms with Crippen LogP contribution in [0, 0.1) is 5.92 Å². The molecule has 2 fully saturated rings. The molecule has 25 heavy (non-hydrogen) atoms. The molecule has 0 spiro atoms. The Morgan fingerprint density at radius 3 is 2.36 bits per heavy atom. The monoisotopic (exact) mass is 344 g/mol. The van der Waals surface area contributed by atoms with Crippen LogP contribution in [0.25, 0.3) is 0 Å². The fraction of sp³-hybridized carbons (Fsp3) is 0.600. The van der Waals surface area contributed by atoms with Crippen molar-refractivity contribution in [1.82, 2.24) is 10.2 Å². The van der Waals surface area contributed by atoms with Gasteiger partial charge < -0.3 is 15.0 Å². The van der Waals surface area contributed by atoms with Crippen LogP contribution in [-0.2, 0) is 14.3 Å². The van der Waals surface area contributed by atoms with E-state index >= 15 is 0 Å². The lowest BCUT2D eigenvalue weighted by atomic mass is 10.00. The molecule has 136 valence electrons. The van der Waals surface area contributed by atoms with Gasteiger partial charge in [-0.2, -0.15) is 0 Å². The normalized spacial score (nSPS) is 24.1. The standard InChI is InChI=1S/C20H28N2O3/c1-13(2)15-4-6-16(7-5-15)17-12-18(17)19(23)21-14(3)20(24)22-8-10-25-11-9-22/h4-7,13-14,17-18H,8-12H2,1-3H3,(H,21,23)/t14-,17-,18-/m0/s1. The van der Waals surface area contributed by atoms with Crippen LogP contribution in [0.3, 0.4) is 0 Å². The molecule has 1 heterocycles. The Hall–Kier alpha value is -1.88. The Labute approximate surface area is 149 Å². The zero-order valence-electron chi connectivity index (χ0n) is 15.3. The number of carbonyl (C=O) groups excluding carboxylic acids is 2. The van der Waals surface area contributed by atoms with E-state index in [0.29, 0.717) is 32.2 Å². The lowest BCUT2D eigenvalue weighted by molar-refractivity contribution is -0.139. The minimum Gasteiger partial charge on any atom is -0.378 e. The molecule has 5 heteroatoms. The third-order valence-corrected chi connectivity index (χ3v) is 5.21. The van der Waals surface area contributed by atoms with Crippen LogP contribution in [0.15, 0.2) is 24.3 Å². The van der Waals surface area contributed by atoms with Gasteiger partial charge in [-0.25, -0.2) is 0 Å². The molecule has 5 nitrogen and oxygen atoms in total. The van der Waals surface area contributed by atoms with E-state index in [9.17, 15) is 9.59 Å². The third kappa shape index (κ3) is 4.21. The van der Waals surface area contributed by atoms with Crippen molar-refractivity contribution in [2.45, 2.75) is 45.1 Å². The second-order valence-corrected chi connectivity index (χ2v) is 7.44. The molecule has 3 rings (SSSR count). The van der Waals surface area contributed by atoms with Crippen LogP contribution in [0.2, 0.25) is 0 Å². The van der Waals surface area contributed by atoms with Crippen molar-refractivity contribution in [3.05, 3.63) is 35.4 Å². The van der Waals surface area contributed by atoms with Crippen LogP contribution in [0.1, 0.15) is 50.2 Å². The van der Waals surface area contributed by atoms with E-state index in [4.69, 9.17) is 4.74 Å². The second kappa shape index (κ2) is 7.56. The largest absolute Gasteiger partial charge is 0.378 e. The summed E-state index contributed by atoms with van der Waals surface area (Å²) in [6.07, 6.45) is 0.866. The number of nitrogens with zero attached hydrogens (tertiary/aromatic N) is 1. The molecule has 1 aromatic carbocycles. The summed E-state index contributed by atoms with van der Waals surface area (Å²) >= 11 is 0. The van der Waals surface area contributed by atoms with Crippen molar-refractivity contribution in [1.29, 1.82) is 0 Å². The first kappa shape index (κ1) is 17.9. The minimum absolute atomic E-state index is 0.00737. The van der Waals surface area contributed by atoms with E-state index in [2.05, 4.69) is 43.4 Å². The molecular formula is C20H28N2O3. The fourth-order valence-electron chi connectivity index (χ4n) is 3.42. The predicted molar refractivity (Wildman–Crippen MR) is 96.4 cm³/mol. The molecule has 1 saturated heterocycles. The maximum atomic E-state index is 12.5. The fourth-order valence-corrected chi connectivity index (χ4v) is 3.42. The van der Waals surface area contributed by atoms with Crippen LogP contribution in [-0.4, -0.2) is 49.1 Å².